The smallest absolute Gasteiger partial charge is 0.265 e. The van der Waals surface area contributed by atoms with E-state index in [-0.39, 0.29) is 16.7 Å². The number of hydrogen-bond acceptors (Lipinski definition) is 2. The first-order valence-corrected chi connectivity index (χ1v) is 12.6. The molecule has 0 spiro atoms. The summed E-state index contributed by atoms with van der Waals surface area (Å²) in [5.41, 5.74) is 5.37. The number of benzene rings is 2. The van der Waals surface area contributed by atoms with Gasteiger partial charge in [-0.15, -0.1) is 0 Å². The van der Waals surface area contributed by atoms with Crippen molar-refractivity contribution in [2.45, 2.75) is 53.5 Å². The van der Waals surface area contributed by atoms with Crippen LogP contribution < -0.4 is 0 Å². The third-order valence-electron chi connectivity index (χ3n) is 7.82. The molecule has 2 aromatic carbocycles. The number of carbonyl (C=O) groups is 1. The predicted octanol–water partition coefficient (Wildman–Crippen LogP) is 7.64. The molecule has 1 amide bonds. The van der Waals surface area contributed by atoms with Gasteiger partial charge in [0, 0.05) is 16.5 Å². The summed E-state index contributed by atoms with van der Waals surface area (Å²) in [6.45, 7) is 9.24. The second-order valence-electron chi connectivity index (χ2n) is 10.7. The topological polar surface area (TPSA) is 47.2 Å². The van der Waals surface area contributed by atoms with Crippen LogP contribution in [0.2, 0.25) is 10.0 Å². The number of halogens is 2. The molecule has 0 saturated heterocycles. The quantitative estimate of drug-likeness (QED) is 0.374. The molecule has 176 valence electrons. The molecule has 2 atom stereocenters. The monoisotopic (exact) mass is 493 g/mol. The maximum Gasteiger partial charge on any atom is 0.297 e. The number of fused-ring (bicyclic) bond motifs is 2. The molecule has 2 aliphatic rings. The fourth-order valence-corrected chi connectivity index (χ4v) is 6.21. The molecule has 6 heteroatoms. The molecule has 2 saturated carbocycles. The molecule has 2 aliphatic carbocycles. The van der Waals surface area contributed by atoms with E-state index in [0.717, 1.165) is 35.4 Å². The Bertz CT molecular complexity index is 1300. The number of rotatable bonds is 4. The minimum absolute atomic E-state index is 0.0201. The number of amides is 1. The molecule has 2 bridgehead atoms. The number of hydrogen-bond donors (Lipinski definition) is 0. The highest BCUT2D eigenvalue weighted by atomic mass is 35.5. The van der Waals surface area contributed by atoms with E-state index in [0.29, 0.717) is 28.2 Å². The van der Waals surface area contributed by atoms with Crippen LogP contribution in [0, 0.1) is 23.7 Å². The van der Waals surface area contributed by atoms with Gasteiger partial charge in [-0.3, -0.25) is 9.48 Å². The second kappa shape index (κ2) is 8.35. The molecular weight excluding hydrogens is 465 g/mol. The van der Waals surface area contributed by atoms with Crippen molar-refractivity contribution in [3.8, 4) is 11.3 Å². The van der Waals surface area contributed by atoms with Gasteiger partial charge in [0.1, 0.15) is 0 Å². The SMILES string of the molecule is Cc1ccc(-c2cc(C(=O)N=C3C(C)(C)C4CC[C@]3(C)C4)nn2Cc2ccc(Cl)c(Cl)c2)cc1. The molecule has 2 fully saturated rings. The summed E-state index contributed by atoms with van der Waals surface area (Å²) >= 11 is 12.3. The Morgan fingerprint density at radius 3 is 2.47 bits per heavy atom. The van der Waals surface area contributed by atoms with Gasteiger partial charge in [0.2, 0.25) is 0 Å². The highest BCUT2D eigenvalue weighted by Crippen LogP contribution is 2.60. The summed E-state index contributed by atoms with van der Waals surface area (Å²) in [7, 11) is 0. The van der Waals surface area contributed by atoms with Gasteiger partial charge in [0.25, 0.3) is 5.91 Å². The lowest BCUT2D eigenvalue weighted by atomic mass is 9.71. The van der Waals surface area contributed by atoms with Crippen molar-refractivity contribution >= 4 is 34.8 Å². The van der Waals surface area contributed by atoms with Crippen molar-refractivity contribution in [2.24, 2.45) is 21.7 Å². The van der Waals surface area contributed by atoms with Gasteiger partial charge in [-0.1, -0.05) is 79.9 Å². The third kappa shape index (κ3) is 4.01. The summed E-state index contributed by atoms with van der Waals surface area (Å²) < 4.78 is 1.85. The standard InChI is InChI=1S/C28H29Cl2N3O/c1-17-5-8-19(9-6-17)24-14-23(32-33(24)16-18-7-10-21(29)22(30)13-18)25(34)31-26-27(2,3)20-11-12-28(26,4)15-20/h5-10,13-14,20H,11-12,15-16H2,1-4H3/t20?,28-/m1/s1. The van der Waals surface area contributed by atoms with Gasteiger partial charge in [-0.05, 0) is 61.4 Å². The summed E-state index contributed by atoms with van der Waals surface area (Å²) in [6.07, 6.45) is 3.44. The number of nitrogens with zero attached hydrogens (tertiary/aromatic N) is 3. The minimum Gasteiger partial charge on any atom is -0.265 e. The minimum atomic E-state index is -0.266. The van der Waals surface area contributed by atoms with Crippen LogP contribution in [0.3, 0.4) is 0 Å². The fourth-order valence-electron chi connectivity index (χ4n) is 5.89. The predicted molar refractivity (Wildman–Crippen MR) is 139 cm³/mol. The van der Waals surface area contributed by atoms with Crippen LogP contribution in [0.5, 0.6) is 0 Å². The van der Waals surface area contributed by atoms with E-state index in [1.165, 1.54) is 12.0 Å². The fraction of sp³-hybridized carbons (Fsp3) is 0.393. The van der Waals surface area contributed by atoms with Crippen LogP contribution in [-0.2, 0) is 6.54 Å². The second-order valence-corrected chi connectivity index (χ2v) is 11.5. The number of aliphatic imine (C=N–C) groups is 1. The first-order chi connectivity index (χ1) is 16.1. The lowest BCUT2D eigenvalue weighted by Gasteiger charge is -2.35. The van der Waals surface area contributed by atoms with Gasteiger partial charge in [-0.2, -0.15) is 5.10 Å². The van der Waals surface area contributed by atoms with Crippen molar-refractivity contribution in [2.75, 3.05) is 0 Å². The first kappa shape index (κ1) is 23.3. The van der Waals surface area contributed by atoms with Gasteiger partial charge in [0.05, 0.1) is 22.3 Å². The highest BCUT2D eigenvalue weighted by molar-refractivity contribution is 6.42. The molecule has 4 nitrogen and oxygen atoms in total. The van der Waals surface area contributed by atoms with Crippen LogP contribution >= 0.6 is 23.2 Å². The van der Waals surface area contributed by atoms with Crippen molar-refractivity contribution in [3.63, 3.8) is 0 Å². The summed E-state index contributed by atoms with van der Waals surface area (Å²) in [6, 6.07) is 15.6. The molecule has 34 heavy (non-hydrogen) atoms. The molecule has 5 rings (SSSR count). The molecule has 3 aromatic rings. The molecule has 0 N–H and O–H groups in total. The Kier molecular flexibility index (Phi) is 5.73. The summed E-state index contributed by atoms with van der Waals surface area (Å²) in [5, 5.41) is 5.73. The molecular formula is C28H29Cl2N3O. The van der Waals surface area contributed by atoms with Crippen molar-refractivity contribution in [1.82, 2.24) is 9.78 Å². The van der Waals surface area contributed by atoms with Gasteiger partial charge in [0.15, 0.2) is 5.69 Å². The number of aromatic nitrogens is 2. The maximum absolute atomic E-state index is 13.4. The van der Waals surface area contributed by atoms with Crippen molar-refractivity contribution < 1.29 is 4.79 Å². The zero-order chi connectivity index (χ0) is 24.3. The maximum atomic E-state index is 13.4. The Morgan fingerprint density at radius 1 is 1.09 bits per heavy atom. The van der Waals surface area contributed by atoms with Crippen molar-refractivity contribution in [3.05, 3.63) is 75.4 Å². The zero-order valence-electron chi connectivity index (χ0n) is 20.0. The lowest BCUT2D eigenvalue weighted by molar-refractivity contribution is 0.0994. The summed E-state index contributed by atoms with van der Waals surface area (Å²) in [4.78, 5) is 18.1. The van der Waals surface area contributed by atoms with Gasteiger partial charge >= 0.3 is 0 Å². The Hall–Kier alpha value is -2.43. The van der Waals surface area contributed by atoms with Crippen LogP contribution in [0.4, 0.5) is 0 Å². The van der Waals surface area contributed by atoms with E-state index in [1.807, 2.05) is 22.9 Å². The zero-order valence-corrected chi connectivity index (χ0v) is 21.5. The average Bonchev–Trinajstić information content (AvgIpc) is 3.44. The Balaban J connectivity index is 1.54. The molecule has 0 aliphatic heterocycles. The van der Waals surface area contributed by atoms with E-state index in [2.05, 4.69) is 52.0 Å². The molecule has 1 aromatic heterocycles. The average molecular weight is 494 g/mol. The normalized spacial score (nSPS) is 24.2. The summed E-state index contributed by atoms with van der Waals surface area (Å²) in [5.74, 6) is 0.331. The van der Waals surface area contributed by atoms with Crippen LogP contribution in [0.25, 0.3) is 11.3 Å². The first-order valence-electron chi connectivity index (χ1n) is 11.8. The molecule has 1 unspecified atom stereocenters. The van der Waals surface area contributed by atoms with E-state index >= 15 is 0 Å². The number of aryl methyl sites for hydroxylation is 1. The molecule has 0 radical (unpaired) electrons. The van der Waals surface area contributed by atoms with Crippen LogP contribution in [0.15, 0.2) is 53.5 Å². The number of carbonyl (C=O) groups excluding carboxylic acids is 1. The molecule has 1 heterocycles. The van der Waals surface area contributed by atoms with Gasteiger partial charge in [-0.25, -0.2) is 4.99 Å². The van der Waals surface area contributed by atoms with Crippen LogP contribution in [-0.4, -0.2) is 21.4 Å². The van der Waals surface area contributed by atoms with Crippen molar-refractivity contribution in [1.29, 1.82) is 0 Å². The van der Waals surface area contributed by atoms with Gasteiger partial charge < -0.3 is 0 Å². The van der Waals surface area contributed by atoms with E-state index in [1.54, 1.807) is 6.07 Å². The van der Waals surface area contributed by atoms with E-state index < -0.39 is 0 Å². The van der Waals surface area contributed by atoms with E-state index in [9.17, 15) is 4.79 Å². The lowest BCUT2D eigenvalue weighted by Crippen LogP contribution is -2.36. The highest BCUT2D eigenvalue weighted by Gasteiger charge is 2.57. The largest absolute Gasteiger partial charge is 0.297 e. The Morgan fingerprint density at radius 2 is 1.82 bits per heavy atom. The Labute approximate surface area is 211 Å². The van der Waals surface area contributed by atoms with Crippen LogP contribution in [0.1, 0.15) is 61.6 Å². The third-order valence-corrected chi connectivity index (χ3v) is 8.56. The van der Waals surface area contributed by atoms with E-state index in [4.69, 9.17) is 33.3 Å².